The van der Waals surface area contributed by atoms with E-state index in [1.54, 1.807) is 19.2 Å². The predicted octanol–water partition coefficient (Wildman–Crippen LogP) is 3.33. The van der Waals surface area contributed by atoms with E-state index in [1.165, 1.54) is 17.7 Å². The van der Waals surface area contributed by atoms with Crippen molar-refractivity contribution in [3.8, 4) is 5.75 Å². The molecule has 1 aliphatic heterocycles. The normalized spacial score (nSPS) is 17.2. The van der Waals surface area contributed by atoms with Crippen LogP contribution in [0.25, 0.3) is 0 Å². The molecule has 4 nitrogen and oxygen atoms in total. The van der Waals surface area contributed by atoms with Gasteiger partial charge in [0.25, 0.3) is 0 Å². The Bertz CT molecular complexity index is 679. The summed E-state index contributed by atoms with van der Waals surface area (Å²) < 4.78 is 23.6. The Morgan fingerprint density at radius 3 is 2.27 bits per heavy atom. The molecule has 1 saturated heterocycles. The molecule has 0 unspecified atom stereocenters. The Kier molecular flexibility index (Phi) is 6.25. The predicted molar refractivity (Wildman–Crippen MR) is 98.6 cm³/mol. The van der Waals surface area contributed by atoms with Crippen LogP contribution in [-0.4, -0.2) is 43.4 Å². The Balaban J connectivity index is 1.51. The quantitative estimate of drug-likeness (QED) is 0.770. The molecule has 3 rings (SSSR count). The number of ether oxygens (including phenoxy) is 2. The second kappa shape index (κ2) is 8.62. The molecule has 0 radical (unpaired) electrons. The van der Waals surface area contributed by atoms with E-state index in [2.05, 4.69) is 17.0 Å². The van der Waals surface area contributed by atoms with Gasteiger partial charge in [-0.1, -0.05) is 24.3 Å². The maximum absolute atomic E-state index is 13.1. The summed E-state index contributed by atoms with van der Waals surface area (Å²) in [4.78, 5) is 2.33. The molecule has 26 heavy (non-hydrogen) atoms. The second-order valence-corrected chi connectivity index (χ2v) is 6.80. The summed E-state index contributed by atoms with van der Waals surface area (Å²) in [5, 5.41) is 10.9. The van der Waals surface area contributed by atoms with Crippen molar-refractivity contribution in [1.82, 2.24) is 4.90 Å². The van der Waals surface area contributed by atoms with Crippen LogP contribution in [0.3, 0.4) is 0 Å². The molecule has 2 aromatic carbocycles. The molecule has 0 saturated carbocycles. The van der Waals surface area contributed by atoms with Gasteiger partial charge in [-0.2, -0.15) is 0 Å². The number of methoxy groups -OCH3 is 1. The van der Waals surface area contributed by atoms with E-state index in [9.17, 15) is 9.50 Å². The number of rotatable bonds is 7. The first-order valence-corrected chi connectivity index (χ1v) is 9.00. The Labute approximate surface area is 154 Å². The lowest BCUT2D eigenvalue weighted by molar-refractivity contribution is -0.0277. The monoisotopic (exact) mass is 359 g/mol. The Hall–Kier alpha value is -1.95. The molecule has 0 aromatic heterocycles. The zero-order valence-corrected chi connectivity index (χ0v) is 15.2. The Morgan fingerprint density at radius 1 is 1.00 bits per heavy atom. The molecule has 0 aliphatic carbocycles. The first-order chi connectivity index (χ1) is 12.6. The largest absolute Gasteiger partial charge is 0.491 e. The summed E-state index contributed by atoms with van der Waals surface area (Å²) in [5.41, 5.74) is 1.16. The van der Waals surface area contributed by atoms with Gasteiger partial charge in [-0.25, -0.2) is 4.39 Å². The van der Waals surface area contributed by atoms with Gasteiger partial charge in [0, 0.05) is 26.7 Å². The summed E-state index contributed by atoms with van der Waals surface area (Å²) in [6, 6.07) is 14.3. The van der Waals surface area contributed by atoms with E-state index in [0.717, 1.165) is 30.9 Å². The molecular formula is C21H26FNO3. The fraction of sp³-hybridized carbons (Fsp3) is 0.429. The van der Waals surface area contributed by atoms with Crippen molar-refractivity contribution in [2.45, 2.75) is 25.0 Å². The standard InChI is InChI=1S/C21H26FNO3/c1-25-14-15-26-20-8-2-17(3-9-20)16-23-12-10-21(24,11-13-23)18-4-6-19(22)7-5-18/h2-9,24H,10-16H2,1H3. The van der Waals surface area contributed by atoms with Crippen LogP contribution in [-0.2, 0) is 16.9 Å². The van der Waals surface area contributed by atoms with Gasteiger partial charge in [-0.05, 0) is 48.2 Å². The molecule has 0 amide bonds. The van der Waals surface area contributed by atoms with Crippen LogP contribution in [0, 0.1) is 5.82 Å². The topological polar surface area (TPSA) is 41.9 Å². The number of nitrogens with zero attached hydrogens (tertiary/aromatic N) is 1. The smallest absolute Gasteiger partial charge is 0.123 e. The van der Waals surface area contributed by atoms with Gasteiger partial charge >= 0.3 is 0 Å². The summed E-state index contributed by atoms with van der Waals surface area (Å²) in [7, 11) is 1.65. The fourth-order valence-corrected chi connectivity index (χ4v) is 3.32. The van der Waals surface area contributed by atoms with Gasteiger partial charge < -0.3 is 14.6 Å². The summed E-state index contributed by atoms with van der Waals surface area (Å²) in [5.74, 6) is 0.569. The van der Waals surface area contributed by atoms with Gasteiger partial charge in [0.05, 0.1) is 12.2 Å². The lowest BCUT2D eigenvalue weighted by Gasteiger charge is -2.38. The van der Waals surface area contributed by atoms with Crippen molar-refractivity contribution >= 4 is 0 Å². The number of likely N-dealkylation sites (tertiary alicyclic amines) is 1. The molecule has 0 atom stereocenters. The minimum atomic E-state index is -0.858. The number of piperidine rings is 1. The van der Waals surface area contributed by atoms with E-state index >= 15 is 0 Å². The van der Waals surface area contributed by atoms with Crippen molar-refractivity contribution in [2.24, 2.45) is 0 Å². The van der Waals surface area contributed by atoms with Crippen molar-refractivity contribution in [3.63, 3.8) is 0 Å². The van der Waals surface area contributed by atoms with Gasteiger partial charge in [-0.15, -0.1) is 0 Å². The van der Waals surface area contributed by atoms with E-state index in [-0.39, 0.29) is 5.82 Å². The number of aliphatic hydroxyl groups is 1. The molecule has 1 fully saturated rings. The average Bonchev–Trinajstić information content (AvgIpc) is 2.66. The Morgan fingerprint density at radius 2 is 1.65 bits per heavy atom. The van der Waals surface area contributed by atoms with Crippen LogP contribution in [0.15, 0.2) is 48.5 Å². The SMILES string of the molecule is COCCOc1ccc(CN2CCC(O)(c3ccc(F)cc3)CC2)cc1. The molecule has 0 spiro atoms. The van der Waals surface area contributed by atoms with Crippen LogP contribution < -0.4 is 4.74 Å². The molecule has 0 bridgehead atoms. The first kappa shape index (κ1) is 18.8. The highest BCUT2D eigenvalue weighted by Crippen LogP contribution is 2.33. The summed E-state index contributed by atoms with van der Waals surface area (Å²) in [6.45, 7) is 3.58. The number of hydrogen-bond acceptors (Lipinski definition) is 4. The highest BCUT2D eigenvalue weighted by Gasteiger charge is 2.33. The van der Waals surface area contributed by atoms with Crippen molar-refractivity contribution < 1.29 is 19.0 Å². The molecule has 2 aromatic rings. The van der Waals surface area contributed by atoms with Gasteiger partial charge in [0.1, 0.15) is 18.2 Å². The fourth-order valence-electron chi connectivity index (χ4n) is 3.32. The zero-order valence-electron chi connectivity index (χ0n) is 15.2. The van der Waals surface area contributed by atoms with Gasteiger partial charge in [0.15, 0.2) is 0 Å². The highest BCUT2D eigenvalue weighted by molar-refractivity contribution is 5.27. The molecule has 1 heterocycles. The second-order valence-electron chi connectivity index (χ2n) is 6.80. The van der Waals surface area contributed by atoms with Crippen LogP contribution in [0.2, 0.25) is 0 Å². The van der Waals surface area contributed by atoms with Crippen LogP contribution >= 0.6 is 0 Å². The third kappa shape index (κ3) is 4.81. The molecule has 1 N–H and O–H groups in total. The van der Waals surface area contributed by atoms with E-state index in [4.69, 9.17) is 9.47 Å². The van der Waals surface area contributed by atoms with Crippen LogP contribution in [0.4, 0.5) is 4.39 Å². The molecule has 5 heteroatoms. The lowest BCUT2D eigenvalue weighted by atomic mass is 9.84. The minimum absolute atomic E-state index is 0.274. The number of benzene rings is 2. The van der Waals surface area contributed by atoms with E-state index in [1.807, 2.05) is 12.1 Å². The highest BCUT2D eigenvalue weighted by atomic mass is 19.1. The molecule has 140 valence electrons. The van der Waals surface area contributed by atoms with Crippen molar-refractivity contribution in [3.05, 3.63) is 65.5 Å². The number of hydrogen-bond donors (Lipinski definition) is 1. The third-order valence-corrected chi connectivity index (χ3v) is 4.95. The summed E-state index contributed by atoms with van der Waals surface area (Å²) >= 11 is 0. The van der Waals surface area contributed by atoms with Crippen LogP contribution in [0.5, 0.6) is 5.75 Å². The van der Waals surface area contributed by atoms with Gasteiger partial charge in [0.2, 0.25) is 0 Å². The molecular weight excluding hydrogens is 333 g/mol. The van der Waals surface area contributed by atoms with E-state index in [0.29, 0.717) is 26.1 Å². The first-order valence-electron chi connectivity index (χ1n) is 9.00. The number of halogens is 1. The van der Waals surface area contributed by atoms with E-state index < -0.39 is 5.60 Å². The lowest BCUT2D eigenvalue weighted by Crippen LogP contribution is -2.42. The van der Waals surface area contributed by atoms with Crippen LogP contribution in [0.1, 0.15) is 24.0 Å². The minimum Gasteiger partial charge on any atom is -0.491 e. The van der Waals surface area contributed by atoms with Crippen molar-refractivity contribution in [1.29, 1.82) is 0 Å². The maximum Gasteiger partial charge on any atom is 0.123 e. The average molecular weight is 359 g/mol. The zero-order chi connectivity index (χ0) is 18.4. The van der Waals surface area contributed by atoms with Gasteiger partial charge in [-0.3, -0.25) is 4.90 Å². The molecule has 1 aliphatic rings. The summed E-state index contributed by atoms with van der Waals surface area (Å²) in [6.07, 6.45) is 1.30. The third-order valence-electron chi connectivity index (χ3n) is 4.95. The van der Waals surface area contributed by atoms with Crippen molar-refractivity contribution in [2.75, 3.05) is 33.4 Å². The maximum atomic E-state index is 13.1.